The highest BCUT2D eigenvalue weighted by Crippen LogP contribution is 2.28. The number of nitrogens with zero attached hydrogens (tertiary/aromatic N) is 2. The van der Waals surface area contributed by atoms with Crippen LogP contribution in [0.25, 0.3) is 0 Å². The smallest absolute Gasteiger partial charge is 0.308 e. The summed E-state index contributed by atoms with van der Waals surface area (Å²) in [4.78, 5) is 32.1. The number of carbonyl (C=O) groups is 1. The molecule has 43 heavy (non-hydrogen) atoms. The number of nitro groups is 2. The van der Waals surface area contributed by atoms with Crippen molar-refractivity contribution in [3.63, 3.8) is 0 Å². The highest BCUT2D eigenvalue weighted by Gasteiger charge is 2.19. The van der Waals surface area contributed by atoms with E-state index in [9.17, 15) is 25.0 Å². The zero-order chi connectivity index (χ0) is 31.8. The molecule has 0 atom stereocenters. The monoisotopic (exact) mass is 619 g/mol. The quantitative estimate of drug-likeness (QED) is 0.0655. The highest BCUT2D eigenvalue weighted by molar-refractivity contribution is 5.69. The van der Waals surface area contributed by atoms with Crippen LogP contribution in [0.1, 0.15) is 27.2 Å². The van der Waals surface area contributed by atoms with Gasteiger partial charge in [0, 0.05) is 12.6 Å². The first kappa shape index (κ1) is 38.0. The van der Waals surface area contributed by atoms with Crippen molar-refractivity contribution in [2.75, 3.05) is 104 Å². The summed E-state index contributed by atoms with van der Waals surface area (Å²) in [5, 5.41) is 24.7. The number of nitro benzene ring substituents is 2. The van der Waals surface area contributed by atoms with Gasteiger partial charge in [-0.25, -0.2) is 0 Å². The largest absolute Gasteiger partial charge is 0.460 e. The van der Waals surface area contributed by atoms with Gasteiger partial charge < -0.3 is 43.2 Å². The molecule has 0 radical (unpaired) electrons. The summed E-state index contributed by atoms with van der Waals surface area (Å²) in [6.45, 7) is 11.3. The van der Waals surface area contributed by atoms with Crippen molar-refractivity contribution in [3.8, 4) is 0 Å². The molecule has 246 valence electrons. The van der Waals surface area contributed by atoms with Gasteiger partial charge in [-0.3, -0.25) is 25.0 Å². The molecule has 0 fully saturated rings. The molecule has 0 saturated heterocycles. The molecule has 16 heteroatoms. The molecule has 1 rings (SSSR count). The summed E-state index contributed by atoms with van der Waals surface area (Å²) in [5.41, 5.74) is -1.02. The van der Waals surface area contributed by atoms with E-state index in [1.807, 2.05) is 20.8 Å². The van der Waals surface area contributed by atoms with Gasteiger partial charge in [0.2, 0.25) is 0 Å². The van der Waals surface area contributed by atoms with E-state index in [4.69, 9.17) is 37.9 Å². The number of ether oxygens (including phenoxy) is 8. The first-order valence-electron chi connectivity index (χ1n) is 14.0. The molecule has 0 aliphatic heterocycles. The number of anilines is 1. The minimum atomic E-state index is -0.684. The Hall–Kier alpha value is -2.99. The number of benzene rings is 1. The minimum Gasteiger partial charge on any atom is -0.460 e. The molecule has 16 nitrogen and oxygen atoms in total. The van der Waals surface area contributed by atoms with Crippen molar-refractivity contribution >= 4 is 23.0 Å². The number of rotatable bonds is 27. The van der Waals surface area contributed by atoms with E-state index < -0.39 is 15.4 Å². The van der Waals surface area contributed by atoms with Gasteiger partial charge in [-0.05, 0) is 26.8 Å². The molecule has 0 heterocycles. The van der Waals surface area contributed by atoms with E-state index >= 15 is 0 Å². The summed E-state index contributed by atoms with van der Waals surface area (Å²) in [5.74, 6) is -0.283. The van der Waals surface area contributed by atoms with Crippen molar-refractivity contribution in [2.45, 2.75) is 32.8 Å². The van der Waals surface area contributed by atoms with Crippen molar-refractivity contribution < 1.29 is 52.5 Å². The van der Waals surface area contributed by atoms with Gasteiger partial charge in [0.25, 0.3) is 11.4 Å². The lowest BCUT2D eigenvalue weighted by Crippen LogP contribution is -2.24. The molecule has 1 aromatic rings. The second-order valence-corrected chi connectivity index (χ2v) is 9.77. The number of non-ortho nitro benzene ring substituents is 1. The third kappa shape index (κ3) is 21.4. The van der Waals surface area contributed by atoms with Gasteiger partial charge in [-0.15, -0.1) is 0 Å². The topological polar surface area (TPSA) is 189 Å². The SMILES string of the molecule is CC(C)(C)OC(=O)CCOCCOCCOCCOCCOCCOCCOCCNc1ccc([N+](=O)[O-])cc1[N+](=O)[O-]. The Morgan fingerprint density at radius 1 is 0.674 bits per heavy atom. The molecular formula is C27H45N3O13. The van der Waals surface area contributed by atoms with Crippen LogP contribution in [0.4, 0.5) is 17.1 Å². The third-order valence-electron chi connectivity index (χ3n) is 5.05. The van der Waals surface area contributed by atoms with Crippen LogP contribution in [0, 0.1) is 20.2 Å². The van der Waals surface area contributed by atoms with Gasteiger partial charge in [0.15, 0.2) is 0 Å². The van der Waals surface area contributed by atoms with E-state index in [0.29, 0.717) is 85.9 Å². The standard InChI is InChI=1S/C27H45N3O13/c1-27(2,3)43-26(31)6-8-36-10-12-38-14-16-40-18-20-42-21-19-41-17-15-39-13-11-37-9-7-28-24-5-4-23(29(32)33)22-25(24)30(34)35/h4-5,22,28H,6-21H2,1-3H3. The number of carbonyl (C=O) groups excluding carboxylic acids is 1. The van der Waals surface area contributed by atoms with Crippen molar-refractivity contribution in [2.24, 2.45) is 0 Å². The molecular weight excluding hydrogens is 574 g/mol. The first-order chi connectivity index (χ1) is 20.6. The summed E-state index contributed by atoms with van der Waals surface area (Å²) in [6.07, 6.45) is 0.213. The van der Waals surface area contributed by atoms with E-state index in [1.165, 1.54) is 12.1 Å². The molecule has 0 unspecified atom stereocenters. The lowest BCUT2D eigenvalue weighted by atomic mass is 10.2. The van der Waals surface area contributed by atoms with Crippen molar-refractivity contribution in [3.05, 3.63) is 38.4 Å². The lowest BCUT2D eigenvalue weighted by molar-refractivity contribution is -0.393. The number of hydrogen-bond donors (Lipinski definition) is 1. The van der Waals surface area contributed by atoms with Crippen LogP contribution in [0.15, 0.2) is 18.2 Å². The van der Waals surface area contributed by atoms with Crippen LogP contribution < -0.4 is 5.32 Å². The third-order valence-corrected chi connectivity index (χ3v) is 5.05. The number of hydrogen-bond acceptors (Lipinski definition) is 14. The lowest BCUT2D eigenvalue weighted by Gasteiger charge is -2.19. The molecule has 0 spiro atoms. The molecule has 0 aliphatic carbocycles. The summed E-state index contributed by atoms with van der Waals surface area (Å²) < 4.78 is 43.0. The van der Waals surface area contributed by atoms with Crippen LogP contribution >= 0.6 is 0 Å². The maximum absolute atomic E-state index is 11.5. The van der Waals surface area contributed by atoms with E-state index in [1.54, 1.807) is 0 Å². The first-order valence-corrected chi connectivity index (χ1v) is 14.0. The Kier molecular flexibility index (Phi) is 20.8. The van der Waals surface area contributed by atoms with Crippen LogP contribution in [-0.2, 0) is 42.7 Å². The summed E-state index contributed by atoms with van der Waals surface area (Å²) in [6, 6.07) is 3.42. The Morgan fingerprint density at radius 3 is 1.49 bits per heavy atom. The maximum atomic E-state index is 11.5. The Morgan fingerprint density at radius 2 is 1.09 bits per heavy atom. The molecule has 1 aromatic carbocycles. The molecule has 0 aliphatic rings. The van der Waals surface area contributed by atoms with Crippen molar-refractivity contribution in [1.82, 2.24) is 0 Å². The molecule has 0 amide bonds. The van der Waals surface area contributed by atoms with Crippen LogP contribution in [0.3, 0.4) is 0 Å². The predicted octanol–water partition coefficient (Wildman–Crippen LogP) is 2.76. The molecule has 0 aromatic heterocycles. The molecule has 0 bridgehead atoms. The van der Waals surface area contributed by atoms with Gasteiger partial charge in [0.05, 0.1) is 115 Å². The van der Waals surface area contributed by atoms with Gasteiger partial charge in [-0.1, -0.05) is 0 Å². The van der Waals surface area contributed by atoms with Crippen molar-refractivity contribution in [1.29, 1.82) is 0 Å². The molecule has 0 saturated carbocycles. The van der Waals surface area contributed by atoms with Gasteiger partial charge >= 0.3 is 5.97 Å². The zero-order valence-electron chi connectivity index (χ0n) is 25.2. The average molecular weight is 620 g/mol. The van der Waals surface area contributed by atoms with E-state index in [-0.39, 0.29) is 42.6 Å². The van der Waals surface area contributed by atoms with E-state index in [0.717, 1.165) is 6.07 Å². The number of esters is 1. The maximum Gasteiger partial charge on any atom is 0.308 e. The van der Waals surface area contributed by atoms with Crippen LogP contribution in [-0.4, -0.2) is 120 Å². The number of nitrogens with one attached hydrogen (secondary N) is 1. The summed E-state index contributed by atoms with van der Waals surface area (Å²) in [7, 11) is 0. The summed E-state index contributed by atoms with van der Waals surface area (Å²) >= 11 is 0. The van der Waals surface area contributed by atoms with Crippen LogP contribution in [0.5, 0.6) is 0 Å². The second-order valence-electron chi connectivity index (χ2n) is 9.77. The van der Waals surface area contributed by atoms with Crippen LogP contribution in [0.2, 0.25) is 0 Å². The minimum absolute atomic E-state index is 0.183. The fraction of sp³-hybridized carbons (Fsp3) is 0.741. The normalized spacial score (nSPS) is 11.4. The second kappa shape index (κ2) is 23.5. The Bertz CT molecular complexity index is 928. The highest BCUT2D eigenvalue weighted by atomic mass is 16.6. The fourth-order valence-corrected chi connectivity index (χ4v) is 3.16. The fourth-order valence-electron chi connectivity index (χ4n) is 3.16. The van der Waals surface area contributed by atoms with Gasteiger partial charge in [-0.2, -0.15) is 0 Å². The molecule has 1 N–H and O–H groups in total. The Balaban J connectivity index is 1.81. The van der Waals surface area contributed by atoms with Gasteiger partial charge in [0.1, 0.15) is 11.3 Å². The van der Waals surface area contributed by atoms with E-state index in [2.05, 4.69) is 5.32 Å². The average Bonchev–Trinajstić information content (AvgIpc) is 2.94. The Labute approximate surface area is 251 Å². The zero-order valence-corrected chi connectivity index (χ0v) is 25.2. The predicted molar refractivity (Wildman–Crippen MR) is 154 cm³/mol.